The molecule has 18 heteroatoms. The van der Waals surface area contributed by atoms with Crippen LogP contribution in [0.15, 0.2) is 73.1 Å². The van der Waals surface area contributed by atoms with E-state index in [1.54, 1.807) is 87.2 Å². The van der Waals surface area contributed by atoms with Crippen molar-refractivity contribution in [3.05, 3.63) is 107 Å². The van der Waals surface area contributed by atoms with Crippen molar-refractivity contribution >= 4 is 45.8 Å². The number of nitrogens with zero attached hydrogens (tertiary/aromatic N) is 10. The number of methoxy groups -OCH3 is 1. The van der Waals surface area contributed by atoms with Crippen LogP contribution >= 0.6 is 0 Å². The zero-order chi connectivity index (χ0) is 45.1. The molecule has 0 radical (unpaired) electrons. The van der Waals surface area contributed by atoms with Gasteiger partial charge in [-0.3, -0.25) is 14.4 Å². The second-order valence-corrected chi connectivity index (χ2v) is 14.7. The summed E-state index contributed by atoms with van der Waals surface area (Å²) < 4.78 is 7.78. The summed E-state index contributed by atoms with van der Waals surface area (Å²) in [7, 11) is 4.50. The number of ether oxygens (including phenoxy) is 1. The normalized spacial score (nSPS) is 17.8. The minimum Gasteiger partial charge on any atom is -0.464 e. The van der Waals surface area contributed by atoms with Crippen molar-refractivity contribution in [3.63, 3.8) is 0 Å². The number of rotatable bonds is 6. The van der Waals surface area contributed by atoms with Crippen LogP contribution in [0.5, 0.6) is 0 Å². The van der Waals surface area contributed by atoms with E-state index in [2.05, 4.69) is 56.0 Å². The second-order valence-electron chi connectivity index (χ2n) is 14.7. The Morgan fingerprint density at radius 2 is 1.19 bits per heavy atom. The van der Waals surface area contributed by atoms with Gasteiger partial charge in [0.1, 0.15) is 0 Å². The lowest BCUT2D eigenvalue weighted by Crippen LogP contribution is -2.37. The summed E-state index contributed by atoms with van der Waals surface area (Å²) in [5.74, 6) is 8.92. The highest BCUT2D eigenvalue weighted by Gasteiger charge is 2.43. The molecule has 8 rings (SSSR count). The zero-order valence-corrected chi connectivity index (χ0v) is 34.2. The number of benzene rings is 2. The highest BCUT2D eigenvalue weighted by Crippen LogP contribution is 2.26. The molecule has 2 aliphatic rings. The molecule has 18 nitrogen and oxygen atoms in total. The van der Waals surface area contributed by atoms with Crippen LogP contribution in [0.25, 0.3) is 33.4 Å². The topological polar surface area (TPSA) is 259 Å². The average molecular weight is 844 g/mol. The quantitative estimate of drug-likeness (QED) is 0.160. The van der Waals surface area contributed by atoms with Crippen LogP contribution in [0.3, 0.4) is 0 Å². The Kier molecular flexibility index (Phi) is 11.7. The van der Waals surface area contributed by atoms with Crippen molar-refractivity contribution in [2.45, 2.75) is 36.9 Å². The van der Waals surface area contributed by atoms with Gasteiger partial charge in [0.2, 0.25) is 11.2 Å². The number of carbonyl (C=O) groups excluding carboxylic acids is 4. The van der Waals surface area contributed by atoms with E-state index in [-0.39, 0.29) is 37.1 Å². The van der Waals surface area contributed by atoms with Gasteiger partial charge in [-0.2, -0.15) is 20.7 Å². The van der Waals surface area contributed by atoms with E-state index in [0.717, 1.165) is 0 Å². The minimum atomic E-state index is -1.74. The van der Waals surface area contributed by atoms with Gasteiger partial charge in [-0.15, -0.1) is 0 Å². The summed E-state index contributed by atoms with van der Waals surface area (Å²) in [6.07, 6.45) is 3.82. The number of aliphatic hydroxyl groups is 2. The first-order valence-electron chi connectivity index (χ1n) is 19.3. The number of nitriles is 2. The first-order chi connectivity index (χ1) is 30.2. The Bertz CT molecular complexity index is 3080. The number of hydrogen-bond donors (Lipinski definition) is 3. The van der Waals surface area contributed by atoms with Crippen LogP contribution in [0.2, 0.25) is 0 Å². The largest absolute Gasteiger partial charge is 0.464 e. The summed E-state index contributed by atoms with van der Waals surface area (Å²) in [6, 6.07) is 21.3. The smallest absolute Gasteiger partial charge is 0.359 e. The maximum absolute atomic E-state index is 12.2. The van der Waals surface area contributed by atoms with Gasteiger partial charge < -0.3 is 30.5 Å². The molecule has 0 saturated carbocycles. The number of aromatic nitrogens is 6. The lowest BCUT2D eigenvalue weighted by Gasteiger charge is -2.13. The van der Waals surface area contributed by atoms with Gasteiger partial charge in [-0.25, -0.2) is 24.1 Å². The summed E-state index contributed by atoms with van der Waals surface area (Å²) in [5.41, 5.74) is 6.39. The third-order valence-corrected chi connectivity index (χ3v) is 10.4. The summed E-state index contributed by atoms with van der Waals surface area (Å²) in [6.45, 7) is 0.843. The van der Waals surface area contributed by atoms with Gasteiger partial charge >= 0.3 is 5.97 Å². The maximum Gasteiger partial charge on any atom is 0.359 e. The number of nitrogens with two attached hydrogens (primary N) is 1. The van der Waals surface area contributed by atoms with Crippen LogP contribution in [0.1, 0.15) is 56.1 Å². The van der Waals surface area contributed by atoms with Gasteiger partial charge in [0, 0.05) is 63.5 Å². The van der Waals surface area contributed by atoms with Crippen molar-refractivity contribution < 1.29 is 34.1 Å². The van der Waals surface area contributed by atoms with E-state index in [1.807, 2.05) is 0 Å². The number of likely N-dealkylation sites (N-methyl/N-ethyl adjacent to an activating group) is 2. The number of esters is 1. The van der Waals surface area contributed by atoms with Crippen molar-refractivity contribution in [2.75, 3.05) is 34.3 Å². The number of primary amides is 1. The number of pyridine rings is 2. The van der Waals surface area contributed by atoms with E-state index in [0.29, 0.717) is 68.8 Å². The number of carbonyl (C=O) groups is 4. The minimum absolute atomic E-state index is 0.0790. The molecule has 3 amide bonds. The second kappa shape index (κ2) is 17.3. The van der Waals surface area contributed by atoms with E-state index in [9.17, 15) is 34.7 Å². The molecular formula is C45H37N11O7. The molecule has 2 saturated heterocycles. The van der Waals surface area contributed by atoms with Crippen LogP contribution in [-0.4, -0.2) is 119 Å². The fraction of sp³-hybridized carbons (Fsp3) is 0.244. The summed E-state index contributed by atoms with van der Waals surface area (Å²) >= 11 is 0. The SMILES string of the molecule is CN1CC[C@@](O)(C#Cc2cc(CC#N)cc(-n3nc(C(N)=O)c4cccnc43)c2)C1=O.COC(=O)c1nn(-c2cc(C#C[C@]3(O)CCN(C)C3=O)cc(CC#N)c2)c2ncccc12. The van der Waals surface area contributed by atoms with E-state index in [1.165, 1.54) is 26.3 Å². The van der Waals surface area contributed by atoms with Gasteiger partial charge in [0.05, 0.1) is 54.2 Å². The maximum atomic E-state index is 12.2. The predicted octanol–water partition coefficient (Wildman–Crippen LogP) is 1.75. The standard InChI is InChI=1S/C23H19N5O4.C22H18N6O3/c1-27-11-8-23(31,22(27)30)7-5-15-12-16(6-9-24)14-17(13-15)28-20-18(4-3-10-25-20)19(26-28)21(29)32-2;1-27-10-7-22(31,21(27)30)6-4-14-11-15(5-8-23)13-16(12-14)28-20-17(3-2-9-25-20)18(26-28)19(24)29/h3-4,10,12-14,31H,6,8,11H2,1-2H3;2-3,9,11-13,31H,5,7,10H2,1H3,(H2,24,29)/t23-;22-/m00/s1. The molecule has 6 aromatic rings. The van der Waals surface area contributed by atoms with Gasteiger partial charge in [-0.05, 0) is 71.8 Å². The Balaban J connectivity index is 0.000000189. The number of fused-ring (bicyclic) bond motifs is 2. The van der Waals surface area contributed by atoms with Crippen LogP contribution < -0.4 is 5.73 Å². The molecule has 63 heavy (non-hydrogen) atoms. The van der Waals surface area contributed by atoms with Crippen molar-refractivity contribution in [3.8, 4) is 47.2 Å². The number of likely N-dealkylation sites (tertiary alicyclic amines) is 2. The third kappa shape index (κ3) is 8.49. The van der Waals surface area contributed by atoms with Crippen LogP contribution in [0, 0.1) is 46.3 Å². The van der Waals surface area contributed by atoms with E-state index >= 15 is 0 Å². The lowest BCUT2D eigenvalue weighted by atomic mass is 10.0. The highest BCUT2D eigenvalue weighted by atomic mass is 16.5. The molecule has 0 aliphatic carbocycles. The van der Waals surface area contributed by atoms with E-state index < -0.39 is 34.9 Å². The van der Waals surface area contributed by atoms with Crippen LogP contribution in [-0.2, 0) is 27.2 Å². The molecular weight excluding hydrogens is 807 g/mol. The number of amides is 3. The lowest BCUT2D eigenvalue weighted by molar-refractivity contribution is -0.138. The zero-order valence-electron chi connectivity index (χ0n) is 34.2. The third-order valence-electron chi connectivity index (χ3n) is 10.4. The molecule has 2 atom stereocenters. The number of hydrogen-bond acceptors (Lipinski definition) is 13. The molecule has 314 valence electrons. The molecule has 4 N–H and O–H groups in total. The first-order valence-corrected chi connectivity index (χ1v) is 19.3. The predicted molar refractivity (Wildman–Crippen MR) is 224 cm³/mol. The fourth-order valence-corrected chi connectivity index (χ4v) is 7.11. The molecule has 0 unspecified atom stereocenters. The van der Waals surface area contributed by atoms with Gasteiger partial charge in [-0.1, -0.05) is 23.7 Å². The molecule has 2 aliphatic heterocycles. The fourth-order valence-electron chi connectivity index (χ4n) is 7.11. The van der Waals surface area contributed by atoms with E-state index in [4.69, 9.17) is 15.7 Å². The Labute approximate surface area is 359 Å². The molecule has 0 spiro atoms. The van der Waals surface area contributed by atoms with Gasteiger partial charge in [0.25, 0.3) is 17.7 Å². The first kappa shape index (κ1) is 42.7. The van der Waals surface area contributed by atoms with Crippen LogP contribution in [0.4, 0.5) is 0 Å². The Morgan fingerprint density at radius 1 is 0.746 bits per heavy atom. The molecule has 4 aromatic heterocycles. The molecule has 0 bridgehead atoms. The summed E-state index contributed by atoms with van der Waals surface area (Å²) in [5, 5.41) is 49.2. The molecule has 6 heterocycles. The van der Waals surface area contributed by atoms with Crippen molar-refractivity contribution in [1.82, 2.24) is 39.3 Å². The average Bonchev–Trinajstić information content (AvgIpc) is 4.01. The monoisotopic (exact) mass is 843 g/mol. The summed E-state index contributed by atoms with van der Waals surface area (Å²) in [4.78, 5) is 59.9. The van der Waals surface area contributed by atoms with Gasteiger partial charge in [0.15, 0.2) is 22.7 Å². The Morgan fingerprint density at radius 3 is 1.59 bits per heavy atom. The Hall–Kier alpha value is -8.42. The highest BCUT2D eigenvalue weighted by molar-refractivity contribution is 6.03. The van der Waals surface area contributed by atoms with Crippen molar-refractivity contribution in [1.29, 1.82) is 10.5 Å². The van der Waals surface area contributed by atoms with Crippen molar-refractivity contribution in [2.24, 2.45) is 5.73 Å². The molecule has 2 aromatic carbocycles. The molecule has 2 fully saturated rings.